The summed E-state index contributed by atoms with van der Waals surface area (Å²) in [6.45, 7) is 3.78. The highest BCUT2D eigenvalue weighted by atomic mass is 35.5. The quantitative estimate of drug-likeness (QED) is 0.500. The summed E-state index contributed by atoms with van der Waals surface area (Å²) in [6.07, 6.45) is 2.30. The van der Waals surface area contributed by atoms with Crippen LogP contribution in [-0.4, -0.2) is 26.9 Å². The number of carbonyl (C=O) groups is 2. The van der Waals surface area contributed by atoms with Crippen molar-refractivity contribution in [3.63, 3.8) is 0 Å². The maximum Gasteiger partial charge on any atom is 0.170 e. The lowest BCUT2D eigenvalue weighted by Crippen LogP contribution is -2.27. The molecule has 1 aromatic rings. The Hall–Kier alpha value is -1.62. The summed E-state index contributed by atoms with van der Waals surface area (Å²) in [5.41, 5.74) is 2.78. The van der Waals surface area contributed by atoms with Crippen molar-refractivity contribution in [1.82, 2.24) is 10.2 Å². The molecule has 2 aliphatic rings. The van der Waals surface area contributed by atoms with E-state index in [-0.39, 0.29) is 60.0 Å². The van der Waals surface area contributed by atoms with E-state index in [1.807, 2.05) is 13.8 Å². The third kappa shape index (κ3) is 2.75. The monoisotopic (exact) mass is 310 g/mol. The number of nitrogens with zero attached hydrogens (tertiary/aromatic N) is 1. The molecule has 114 valence electrons. The molecule has 0 aliphatic heterocycles. The first kappa shape index (κ1) is 15.8. The fourth-order valence-electron chi connectivity index (χ4n) is 3.09. The summed E-state index contributed by atoms with van der Waals surface area (Å²) < 4.78 is 0. The summed E-state index contributed by atoms with van der Waals surface area (Å²) in [5.74, 6) is -0.512. The number of Topliss-reactive ketones (excluding diaryl/α,β-unsaturated/α-hetero) is 2. The number of aryl methyl sites for hydroxylation is 2. The van der Waals surface area contributed by atoms with E-state index in [9.17, 15) is 14.7 Å². The van der Waals surface area contributed by atoms with Gasteiger partial charge in [-0.05, 0) is 32.3 Å². The molecule has 6 heteroatoms. The fraction of sp³-hybridized carbons (Fsp3) is 0.533. The Labute approximate surface area is 129 Å². The van der Waals surface area contributed by atoms with Crippen LogP contribution in [0.1, 0.15) is 48.6 Å². The van der Waals surface area contributed by atoms with Crippen LogP contribution in [-0.2, 0) is 9.59 Å². The number of aromatic nitrogens is 2. The zero-order chi connectivity index (χ0) is 14.4. The number of rotatable bonds is 2. The van der Waals surface area contributed by atoms with E-state index in [4.69, 9.17) is 0 Å². The highest BCUT2D eigenvalue weighted by Crippen LogP contribution is 2.40. The Bertz CT molecular complexity index is 589. The maximum atomic E-state index is 12.2. The first-order valence-electron chi connectivity index (χ1n) is 7.00. The lowest BCUT2D eigenvalue weighted by molar-refractivity contribution is -0.124. The fourth-order valence-corrected chi connectivity index (χ4v) is 3.09. The largest absolute Gasteiger partial charge is 0.511 e. The van der Waals surface area contributed by atoms with Crippen molar-refractivity contribution in [2.45, 2.75) is 45.4 Å². The van der Waals surface area contributed by atoms with Gasteiger partial charge < -0.3 is 5.11 Å². The molecule has 0 bridgehead atoms. The van der Waals surface area contributed by atoms with Crippen LogP contribution in [0.25, 0.3) is 0 Å². The molecule has 0 amide bonds. The highest BCUT2D eigenvalue weighted by Gasteiger charge is 2.39. The normalized spacial score (nSPS) is 22.2. The van der Waals surface area contributed by atoms with Gasteiger partial charge in [-0.1, -0.05) is 0 Å². The van der Waals surface area contributed by atoms with Crippen molar-refractivity contribution in [2.75, 3.05) is 0 Å². The second-order valence-corrected chi connectivity index (χ2v) is 5.83. The average Bonchev–Trinajstić information content (AvgIpc) is 3.15. The molecule has 2 saturated carbocycles. The second kappa shape index (κ2) is 5.64. The van der Waals surface area contributed by atoms with Gasteiger partial charge in [0.2, 0.25) is 0 Å². The van der Waals surface area contributed by atoms with Gasteiger partial charge in [0, 0.05) is 30.4 Å². The minimum Gasteiger partial charge on any atom is -0.511 e. The topological polar surface area (TPSA) is 83.1 Å². The van der Waals surface area contributed by atoms with E-state index in [0.29, 0.717) is 0 Å². The predicted molar refractivity (Wildman–Crippen MR) is 79.7 cm³/mol. The van der Waals surface area contributed by atoms with Gasteiger partial charge in [0.1, 0.15) is 5.76 Å². The molecular formula is C15H19ClN2O3. The number of hydrogen-bond donors (Lipinski definition) is 2. The second-order valence-electron chi connectivity index (χ2n) is 5.83. The SMILES string of the molecule is Cc1n[nH]c(C)c1C1CC(=O)C(=C(O)C2CC2)C(=O)C1.Cl. The van der Waals surface area contributed by atoms with E-state index in [1.54, 1.807) is 0 Å². The molecule has 2 N–H and O–H groups in total. The minimum atomic E-state index is -0.226. The van der Waals surface area contributed by atoms with Crippen LogP contribution in [0.5, 0.6) is 0 Å². The number of aliphatic hydroxyl groups excluding tert-OH is 1. The maximum absolute atomic E-state index is 12.2. The Morgan fingerprint density at radius 1 is 1.19 bits per heavy atom. The van der Waals surface area contributed by atoms with Gasteiger partial charge in [0.25, 0.3) is 0 Å². The van der Waals surface area contributed by atoms with Crippen LogP contribution in [0, 0.1) is 19.8 Å². The Balaban J connectivity index is 0.00000161. The molecule has 0 aromatic carbocycles. The lowest BCUT2D eigenvalue weighted by Gasteiger charge is -2.23. The summed E-state index contributed by atoms with van der Waals surface area (Å²) in [5, 5.41) is 17.0. The summed E-state index contributed by atoms with van der Waals surface area (Å²) in [6, 6.07) is 0. The number of aromatic amines is 1. The van der Waals surface area contributed by atoms with Crippen molar-refractivity contribution in [3.8, 4) is 0 Å². The number of aliphatic hydroxyl groups is 1. The molecule has 2 aliphatic carbocycles. The molecule has 2 fully saturated rings. The van der Waals surface area contributed by atoms with Crippen molar-refractivity contribution >= 4 is 24.0 Å². The van der Waals surface area contributed by atoms with Crippen LogP contribution >= 0.6 is 12.4 Å². The molecule has 0 unspecified atom stereocenters. The van der Waals surface area contributed by atoms with Crippen LogP contribution in [0.2, 0.25) is 0 Å². The standard InChI is InChI=1S/C15H18N2O3.ClH/c1-7-13(8(2)17-16-7)10-5-11(18)14(12(19)6-10)15(20)9-3-4-9;/h9-10,20H,3-6H2,1-2H3,(H,16,17);1H. The van der Waals surface area contributed by atoms with Gasteiger partial charge in [0.15, 0.2) is 11.6 Å². The summed E-state index contributed by atoms with van der Waals surface area (Å²) in [4.78, 5) is 24.5. The van der Waals surface area contributed by atoms with E-state index in [2.05, 4.69) is 10.2 Å². The van der Waals surface area contributed by atoms with E-state index >= 15 is 0 Å². The highest BCUT2D eigenvalue weighted by molar-refractivity contribution is 6.22. The van der Waals surface area contributed by atoms with Gasteiger partial charge in [-0.3, -0.25) is 14.7 Å². The first-order chi connectivity index (χ1) is 9.49. The molecule has 0 radical (unpaired) electrons. The first-order valence-corrected chi connectivity index (χ1v) is 7.00. The van der Waals surface area contributed by atoms with E-state index in [0.717, 1.165) is 29.8 Å². The summed E-state index contributed by atoms with van der Waals surface area (Å²) in [7, 11) is 0. The van der Waals surface area contributed by atoms with Crippen LogP contribution in [0.3, 0.4) is 0 Å². The molecule has 5 nitrogen and oxygen atoms in total. The molecule has 21 heavy (non-hydrogen) atoms. The molecule has 3 rings (SSSR count). The van der Waals surface area contributed by atoms with Crippen LogP contribution < -0.4 is 0 Å². The van der Waals surface area contributed by atoms with E-state index in [1.165, 1.54) is 0 Å². The zero-order valence-electron chi connectivity index (χ0n) is 12.1. The van der Waals surface area contributed by atoms with E-state index < -0.39 is 0 Å². The zero-order valence-corrected chi connectivity index (χ0v) is 12.9. The van der Waals surface area contributed by atoms with Gasteiger partial charge in [-0.25, -0.2) is 0 Å². The minimum absolute atomic E-state index is 0. The average molecular weight is 311 g/mol. The van der Waals surface area contributed by atoms with Gasteiger partial charge in [0.05, 0.1) is 11.3 Å². The Kier molecular flexibility index (Phi) is 4.23. The molecule has 0 saturated heterocycles. The number of ketones is 2. The van der Waals surface area contributed by atoms with Gasteiger partial charge >= 0.3 is 0 Å². The number of carbonyl (C=O) groups excluding carboxylic acids is 2. The molecule has 1 aromatic heterocycles. The molecule has 0 atom stereocenters. The van der Waals surface area contributed by atoms with Crippen LogP contribution in [0.15, 0.2) is 11.3 Å². The Morgan fingerprint density at radius 2 is 1.76 bits per heavy atom. The predicted octanol–water partition coefficient (Wildman–Crippen LogP) is 2.69. The number of hydrogen-bond acceptors (Lipinski definition) is 4. The molecule has 0 spiro atoms. The number of halogens is 1. The smallest absolute Gasteiger partial charge is 0.170 e. The number of H-pyrrole nitrogens is 1. The van der Waals surface area contributed by atoms with Crippen LogP contribution in [0.4, 0.5) is 0 Å². The summed E-state index contributed by atoms with van der Waals surface area (Å²) >= 11 is 0. The van der Waals surface area contributed by atoms with Crippen molar-refractivity contribution in [1.29, 1.82) is 0 Å². The third-order valence-corrected chi connectivity index (χ3v) is 4.23. The van der Waals surface area contributed by atoms with Crippen molar-refractivity contribution in [3.05, 3.63) is 28.3 Å². The van der Waals surface area contributed by atoms with Crippen molar-refractivity contribution in [2.24, 2.45) is 5.92 Å². The van der Waals surface area contributed by atoms with Crippen molar-refractivity contribution < 1.29 is 14.7 Å². The van der Waals surface area contributed by atoms with Gasteiger partial charge in [-0.2, -0.15) is 5.10 Å². The molecule has 1 heterocycles. The molecular weight excluding hydrogens is 292 g/mol. The number of allylic oxidation sites excluding steroid dienone is 2. The lowest BCUT2D eigenvalue weighted by atomic mass is 9.78. The third-order valence-electron chi connectivity index (χ3n) is 4.23. The van der Waals surface area contributed by atoms with Gasteiger partial charge in [-0.15, -0.1) is 12.4 Å². The Morgan fingerprint density at radius 3 is 2.19 bits per heavy atom. The number of nitrogens with one attached hydrogen (secondary N) is 1.